The molecule has 2 N–H and O–H groups in total. The van der Waals surface area contributed by atoms with E-state index in [-0.39, 0.29) is 35.3 Å². The second-order valence-corrected chi connectivity index (χ2v) is 8.54. The molecule has 0 radical (unpaired) electrons. The van der Waals surface area contributed by atoms with Gasteiger partial charge >= 0.3 is 0 Å². The zero-order valence-corrected chi connectivity index (χ0v) is 17.9. The average Bonchev–Trinajstić information content (AvgIpc) is 3.29. The molecule has 3 atom stereocenters. The quantitative estimate of drug-likeness (QED) is 0.289. The summed E-state index contributed by atoms with van der Waals surface area (Å²) in [6.45, 7) is 1.64. The topological polar surface area (TPSA) is 84.3 Å². The summed E-state index contributed by atoms with van der Waals surface area (Å²) in [5.41, 5.74) is 4.58. The number of anilines is 2. The maximum absolute atomic E-state index is 13.4. The Kier molecular flexibility index (Phi) is 5.17. The van der Waals surface area contributed by atoms with E-state index in [4.69, 9.17) is 0 Å². The van der Waals surface area contributed by atoms with Gasteiger partial charge in [0.2, 0.25) is 0 Å². The van der Waals surface area contributed by atoms with Gasteiger partial charge in [0.15, 0.2) is 0 Å². The van der Waals surface area contributed by atoms with Crippen molar-refractivity contribution in [3.63, 3.8) is 0 Å². The van der Waals surface area contributed by atoms with Crippen molar-refractivity contribution in [3.05, 3.63) is 111 Å². The van der Waals surface area contributed by atoms with Gasteiger partial charge in [-0.05, 0) is 72.9 Å². The van der Waals surface area contributed by atoms with Gasteiger partial charge in [0, 0.05) is 34.5 Å². The van der Waals surface area contributed by atoms with Crippen molar-refractivity contribution in [1.29, 1.82) is 0 Å². The molecule has 0 saturated heterocycles. The van der Waals surface area contributed by atoms with Crippen molar-refractivity contribution in [2.45, 2.75) is 25.3 Å². The maximum atomic E-state index is 13.4. The number of carbonyl (C=O) groups excluding carboxylic acids is 1. The molecule has 33 heavy (non-hydrogen) atoms. The van der Waals surface area contributed by atoms with Crippen LogP contribution < -0.4 is 10.6 Å². The monoisotopic (exact) mass is 443 g/mol. The summed E-state index contributed by atoms with van der Waals surface area (Å²) >= 11 is 0. The van der Waals surface area contributed by atoms with Crippen LogP contribution in [-0.2, 0) is 0 Å². The second kappa shape index (κ2) is 8.16. The predicted octanol–water partition coefficient (Wildman–Crippen LogP) is 6.12. The van der Waals surface area contributed by atoms with E-state index in [0.29, 0.717) is 16.8 Å². The Hall–Kier alpha value is -4.00. The minimum atomic E-state index is -0.442. The lowest BCUT2D eigenvalue weighted by Crippen LogP contribution is -2.29. The number of nitro groups is 1. The number of hydrogen-bond acceptors (Lipinski definition) is 4. The van der Waals surface area contributed by atoms with Gasteiger partial charge in [0.25, 0.3) is 11.6 Å². The molecule has 0 fully saturated rings. The first-order valence-electron chi connectivity index (χ1n) is 10.8. The van der Waals surface area contributed by atoms with Gasteiger partial charge in [-0.15, -0.1) is 0 Å². The Labute approximate surface area is 190 Å². The molecule has 1 heterocycles. The van der Waals surface area contributed by atoms with Gasteiger partial charge in [-0.3, -0.25) is 14.9 Å². The van der Waals surface area contributed by atoms with Gasteiger partial charge in [-0.1, -0.05) is 24.3 Å². The molecule has 2 aliphatic rings. The van der Waals surface area contributed by atoms with E-state index in [2.05, 4.69) is 22.8 Å². The Morgan fingerprint density at radius 3 is 2.64 bits per heavy atom. The third-order valence-electron chi connectivity index (χ3n) is 6.51. The lowest BCUT2D eigenvalue weighted by atomic mass is 9.76. The van der Waals surface area contributed by atoms with Crippen LogP contribution in [0.15, 0.2) is 72.8 Å². The van der Waals surface area contributed by atoms with Gasteiger partial charge in [-0.25, -0.2) is 4.39 Å². The van der Waals surface area contributed by atoms with Gasteiger partial charge in [-0.2, -0.15) is 0 Å². The second-order valence-electron chi connectivity index (χ2n) is 8.54. The third-order valence-corrected chi connectivity index (χ3v) is 6.51. The number of rotatable bonds is 4. The summed E-state index contributed by atoms with van der Waals surface area (Å²) in [5, 5.41) is 17.4. The molecule has 166 valence electrons. The first kappa shape index (κ1) is 20.9. The van der Waals surface area contributed by atoms with Crippen LogP contribution in [0.25, 0.3) is 0 Å². The summed E-state index contributed by atoms with van der Waals surface area (Å²) in [7, 11) is 0. The normalized spacial score (nSPS) is 20.5. The van der Waals surface area contributed by atoms with E-state index < -0.39 is 4.92 Å². The third kappa shape index (κ3) is 3.86. The number of halogens is 1. The van der Waals surface area contributed by atoms with E-state index in [1.54, 1.807) is 19.1 Å². The van der Waals surface area contributed by atoms with Crippen LogP contribution in [0.5, 0.6) is 0 Å². The number of fused-ring (bicyclic) bond motifs is 3. The Balaban J connectivity index is 1.41. The highest BCUT2D eigenvalue weighted by Gasteiger charge is 2.38. The van der Waals surface area contributed by atoms with E-state index in [1.165, 1.54) is 24.3 Å². The largest absolute Gasteiger partial charge is 0.378 e. The summed E-state index contributed by atoms with van der Waals surface area (Å²) in [4.78, 5) is 23.5. The maximum Gasteiger partial charge on any atom is 0.272 e. The number of amides is 1. The number of aryl methyl sites for hydroxylation is 1. The number of nitrogens with one attached hydrogen (secondary N) is 2. The number of nitrogens with zero attached hydrogens (tertiary/aromatic N) is 1. The highest BCUT2D eigenvalue weighted by molar-refractivity contribution is 6.04. The molecule has 0 spiro atoms. The van der Waals surface area contributed by atoms with Gasteiger partial charge in [0.05, 0.1) is 11.0 Å². The first-order chi connectivity index (χ1) is 15.9. The Morgan fingerprint density at radius 1 is 1.12 bits per heavy atom. The number of benzene rings is 3. The lowest BCUT2D eigenvalue weighted by molar-refractivity contribution is -0.385. The molecule has 3 aromatic carbocycles. The summed E-state index contributed by atoms with van der Waals surface area (Å²) in [6, 6.07) is 16.8. The minimum Gasteiger partial charge on any atom is -0.378 e. The van der Waals surface area contributed by atoms with Crippen LogP contribution in [0.3, 0.4) is 0 Å². The average molecular weight is 443 g/mol. The standard InChI is InChI=1S/C26H22FN3O3/c1-15-13-19(10-12-24(15)30(32)33)28-26(31)17-7-11-23-22(14-17)20-3-2-4-21(20)25(29-23)16-5-8-18(27)9-6-16/h2-3,5-14,20-21,25,29H,4H2,1H3,(H,28,31)/t20-,21-,25+/m1/s1. The van der Waals surface area contributed by atoms with Crippen LogP contribution in [0.2, 0.25) is 0 Å². The highest BCUT2D eigenvalue weighted by atomic mass is 19.1. The molecular formula is C26H22FN3O3. The van der Waals surface area contributed by atoms with Crippen molar-refractivity contribution in [2.24, 2.45) is 5.92 Å². The fraction of sp³-hybridized carbons (Fsp3) is 0.192. The van der Waals surface area contributed by atoms with E-state index >= 15 is 0 Å². The molecule has 6 nitrogen and oxygen atoms in total. The molecule has 5 rings (SSSR count). The van der Waals surface area contributed by atoms with Crippen molar-refractivity contribution >= 4 is 23.0 Å². The van der Waals surface area contributed by atoms with Crippen molar-refractivity contribution in [1.82, 2.24) is 0 Å². The lowest BCUT2D eigenvalue weighted by Gasteiger charge is -2.37. The van der Waals surface area contributed by atoms with E-state index in [9.17, 15) is 19.3 Å². The summed E-state index contributed by atoms with van der Waals surface area (Å²) in [6.07, 6.45) is 5.24. The van der Waals surface area contributed by atoms with Crippen molar-refractivity contribution in [2.75, 3.05) is 10.6 Å². The SMILES string of the molecule is Cc1cc(NC(=O)c2ccc3c(c2)[C@@H]2C=CC[C@H]2[C@H](c2ccc(F)cc2)N3)ccc1[N+](=O)[O-]. The molecule has 7 heteroatoms. The molecule has 0 aromatic heterocycles. The summed E-state index contributed by atoms with van der Waals surface area (Å²) < 4.78 is 13.4. The molecule has 3 aromatic rings. The van der Waals surface area contributed by atoms with Gasteiger partial charge < -0.3 is 10.6 Å². The number of allylic oxidation sites excluding steroid dienone is 2. The molecule has 0 saturated carbocycles. The van der Waals surface area contributed by atoms with Crippen LogP contribution in [0.1, 0.15) is 45.4 Å². The van der Waals surface area contributed by atoms with Crippen molar-refractivity contribution in [3.8, 4) is 0 Å². The molecular weight excluding hydrogens is 421 g/mol. The van der Waals surface area contributed by atoms with Crippen LogP contribution in [0, 0.1) is 28.8 Å². The van der Waals surface area contributed by atoms with E-state index in [0.717, 1.165) is 23.2 Å². The predicted molar refractivity (Wildman–Crippen MR) is 125 cm³/mol. The van der Waals surface area contributed by atoms with Gasteiger partial charge in [0.1, 0.15) is 5.82 Å². The Bertz CT molecular complexity index is 1290. The van der Waals surface area contributed by atoms with Crippen LogP contribution in [-0.4, -0.2) is 10.8 Å². The minimum absolute atomic E-state index is 0.0163. The molecule has 1 aliphatic heterocycles. The molecule has 0 unspecified atom stereocenters. The van der Waals surface area contributed by atoms with E-state index in [1.807, 2.05) is 24.3 Å². The van der Waals surface area contributed by atoms with Crippen LogP contribution >= 0.6 is 0 Å². The zero-order chi connectivity index (χ0) is 23.1. The Morgan fingerprint density at radius 2 is 1.91 bits per heavy atom. The first-order valence-corrected chi connectivity index (χ1v) is 10.8. The fourth-order valence-corrected chi connectivity index (χ4v) is 4.88. The number of carbonyl (C=O) groups is 1. The molecule has 1 amide bonds. The zero-order valence-electron chi connectivity index (χ0n) is 17.9. The smallest absolute Gasteiger partial charge is 0.272 e. The summed E-state index contributed by atoms with van der Waals surface area (Å²) in [5.74, 6) is -0.0931. The molecule has 0 bridgehead atoms. The fourth-order valence-electron chi connectivity index (χ4n) is 4.88. The van der Waals surface area contributed by atoms with Crippen LogP contribution in [0.4, 0.5) is 21.5 Å². The highest BCUT2D eigenvalue weighted by Crippen LogP contribution is 2.50. The number of hydrogen-bond donors (Lipinski definition) is 2. The van der Waals surface area contributed by atoms with Crippen molar-refractivity contribution < 1.29 is 14.1 Å². The number of nitro benzene ring substituents is 1. The molecule has 1 aliphatic carbocycles.